The summed E-state index contributed by atoms with van der Waals surface area (Å²) >= 11 is 0. The first-order valence-electron chi connectivity index (χ1n) is 13.7. The van der Waals surface area contributed by atoms with E-state index in [1.165, 1.54) is 11.8 Å². The van der Waals surface area contributed by atoms with E-state index in [2.05, 4.69) is 5.32 Å². The summed E-state index contributed by atoms with van der Waals surface area (Å²) in [4.78, 5) is 52.9. The van der Waals surface area contributed by atoms with E-state index in [0.29, 0.717) is 51.7 Å². The van der Waals surface area contributed by atoms with Crippen LogP contribution in [0.15, 0.2) is 78.0 Å². The zero-order valence-corrected chi connectivity index (χ0v) is 23.7. The summed E-state index contributed by atoms with van der Waals surface area (Å²) in [7, 11) is 3.13. The van der Waals surface area contributed by atoms with Crippen LogP contribution >= 0.6 is 0 Å². The third-order valence-corrected chi connectivity index (χ3v) is 7.82. The lowest BCUT2D eigenvalue weighted by Crippen LogP contribution is -2.38. The second kappa shape index (κ2) is 11.9. The molecule has 5 rings (SSSR count). The molecule has 9 nitrogen and oxygen atoms in total. The number of anilines is 2. The minimum atomic E-state index is -1.08. The third-order valence-electron chi connectivity index (χ3n) is 7.82. The van der Waals surface area contributed by atoms with Gasteiger partial charge in [0.15, 0.2) is 23.1 Å². The fourth-order valence-electron chi connectivity index (χ4n) is 5.76. The highest BCUT2D eigenvalue weighted by molar-refractivity contribution is 6.07. The molecule has 3 aromatic carbocycles. The molecule has 9 heteroatoms. The summed E-state index contributed by atoms with van der Waals surface area (Å²) in [5.41, 5.74) is 4.38. The Labute approximate surface area is 243 Å². The number of amides is 1. The zero-order valence-electron chi connectivity index (χ0n) is 23.7. The van der Waals surface area contributed by atoms with E-state index in [4.69, 9.17) is 9.47 Å². The quantitative estimate of drug-likeness (QED) is 0.333. The number of rotatable bonds is 8. The fourth-order valence-corrected chi connectivity index (χ4v) is 5.76. The van der Waals surface area contributed by atoms with Crippen molar-refractivity contribution >= 4 is 34.8 Å². The Hall–Kier alpha value is -4.92. The minimum absolute atomic E-state index is 0.102. The number of para-hydroxylation sites is 2. The van der Waals surface area contributed by atoms with Gasteiger partial charge in [-0.3, -0.25) is 24.1 Å². The number of methoxy groups -OCH3 is 2. The van der Waals surface area contributed by atoms with E-state index < -0.39 is 17.9 Å². The van der Waals surface area contributed by atoms with Crippen LogP contribution in [0.2, 0.25) is 0 Å². The summed E-state index contributed by atoms with van der Waals surface area (Å²) in [6.07, 6.45) is 0.106. The molecule has 2 N–H and O–H groups in total. The van der Waals surface area contributed by atoms with Crippen LogP contribution in [0.3, 0.4) is 0 Å². The number of ketones is 2. The summed E-state index contributed by atoms with van der Waals surface area (Å²) in [6, 6.07) is 18.9. The van der Waals surface area contributed by atoms with E-state index >= 15 is 0 Å². The van der Waals surface area contributed by atoms with Crippen molar-refractivity contribution in [2.45, 2.75) is 44.6 Å². The predicted octanol–water partition coefficient (Wildman–Crippen LogP) is 5.67. The van der Waals surface area contributed by atoms with Gasteiger partial charge in [0.05, 0.1) is 38.1 Å². The van der Waals surface area contributed by atoms with Crippen LogP contribution in [0.4, 0.5) is 11.4 Å². The highest BCUT2D eigenvalue weighted by Crippen LogP contribution is 2.48. The van der Waals surface area contributed by atoms with Crippen molar-refractivity contribution < 1.29 is 33.8 Å². The largest absolute Gasteiger partial charge is 0.493 e. The van der Waals surface area contributed by atoms with Gasteiger partial charge in [-0.05, 0) is 54.7 Å². The van der Waals surface area contributed by atoms with Crippen LogP contribution in [0.1, 0.15) is 66.1 Å². The topological polar surface area (TPSA) is 122 Å². The number of hydrogen-bond acceptors (Lipinski definition) is 7. The van der Waals surface area contributed by atoms with Gasteiger partial charge in [-0.2, -0.15) is 0 Å². The average Bonchev–Trinajstić information content (AvgIpc) is 3.14. The summed E-state index contributed by atoms with van der Waals surface area (Å²) in [5, 5.41) is 12.8. The maximum absolute atomic E-state index is 14.1. The van der Waals surface area contributed by atoms with Gasteiger partial charge in [-0.1, -0.05) is 42.5 Å². The monoisotopic (exact) mass is 568 g/mol. The molecule has 0 bridgehead atoms. The Morgan fingerprint density at radius 3 is 2.26 bits per heavy atom. The molecule has 0 saturated carbocycles. The van der Waals surface area contributed by atoms with Crippen LogP contribution < -0.4 is 19.7 Å². The first-order chi connectivity index (χ1) is 20.2. The van der Waals surface area contributed by atoms with E-state index in [1.54, 1.807) is 50.6 Å². The zero-order chi connectivity index (χ0) is 30.0. The molecule has 2 atom stereocenters. The number of carboxylic acid groups (broad SMARTS) is 1. The van der Waals surface area contributed by atoms with Crippen molar-refractivity contribution in [1.29, 1.82) is 0 Å². The summed E-state index contributed by atoms with van der Waals surface area (Å²) in [6.45, 7) is 1.47. The lowest BCUT2D eigenvalue weighted by atomic mass is 9.78. The van der Waals surface area contributed by atoms with Gasteiger partial charge in [0, 0.05) is 29.7 Å². The van der Waals surface area contributed by atoms with Crippen molar-refractivity contribution in [3.8, 4) is 11.5 Å². The SMILES string of the molecule is COc1ccc([C@H]2CC(=O)C3=C(C2)Nc2ccccc2N(C(=O)CCC(=O)O)[C@H]3c2ccc(C(C)=O)cc2)cc1OC. The molecule has 3 aromatic rings. The van der Waals surface area contributed by atoms with Gasteiger partial charge < -0.3 is 19.9 Å². The first-order valence-corrected chi connectivity index (χ1v) is 13.7. The number of hydrogen-bond donors (Lipinski definition) is 2. The molecule has 1 amide bonds. The maximum atomic E-state index is 14.1. The Kier molecular flexibility index (Phi) is 8.10. The molecule has 2 aliphatic rings. The molecule has 0 unspecified atom stereocenters. The van der Waals surface area contributed by atoms with Crippen LogP contribution in [0.25, 0.3) is 0 Å². The number of fused-ring (bicyclic) bond motifs is 1. The summed E-state index contributed by atoms with van der Waals surface area (Å²) < 4.78 is 10.9. The molecule has 0 fully saturated rings. The predicted molar refractivity (Wildman–Crippen MR) is 157 cm³/mol. The fraction of sp³-hybridized carbons (Fsp3) is 0.273. The lowest BCUT2D eigenvalue weighted by molar-refractivity contribution is -0.138. The second-order valence-corrected chi connectivity index (χ2v) is 10.4. The standard InChI is InChI=1S/C33H32N2O7/c1-19(36)20-8-10-21(11-9-20)33-32-25(16-23(17-27(32)37)22-12-13-28(41-2)29(18-22)42-3)34-24-6-4-5-7-26(24)35(33)30(38)14-15-31(39)40/h4-13,18,23,33-34H,14-17H2,1-3H3,(H,39,40)/t23-,33+/m1/s1. The van der Waals surface area contributed by atoms with E-state index in [1.807, 2.05) is 30.3 Å². The smallest absolute Gasteiger partial charge is 0.303 e. The molecule has 0 radical (unpaired) electrons. The van der Waals surface area contributed by atoms with Crippen molar-refractivity contribution in [2.75, 3.05) is 24.4 Å². The highest BCUT2D eigenvalue weighted by atomic mass is 16.5. The van der Waals surface area contributed by atoms with Gasteiger partial charge in [0.1, 0.15) is 0 Å². The number of carboxylic acids is 1. The van der Waals surface area contributed by atoms with Gasteiger partial charge >= 0.3 is 5.97 Å². The number of carbonyl (C=O) groups is 4. The Bertz CT molecular complexity index is 1590. The highest BCUT2D eigenvalue weighted by Gasteiger charge is 2.41. The number of nitrogens with zero attached hydrogens (tertiary/aromatic N) is 1. The Balaban J connectivity index is 1.66. The van der Waals surface area contributed by atoms with Crippen molar-refractivity contribution in [1.82, 2.24) is 0 Å². The van der Waals surface area contributed by atoms with Crippen LogP contribution in [0.5, 0.6) is 11.5 Å². The van der Waals surface area contributed by atoms with Gasteiger partial charge in [-0.15, -0.1) is 0 Å². The molecule has 0 aromatic heterocycles. The number of ether oxygens (including phenoxy) is 2. The normalized spacial score (nSPS) is 17.9. The number of carbonyl (C=O) groups excluding carboxylic acids is 3. The number of Topliss-reactive ketones (excluding diaryl/α,β-unsaturated/α-hetero) is 2. The third kappa shape index (κ3) is 5.50. The Morgan fingerprint density at radius 1 is 0.905 bits per heavy atom. The van der Waals surface area contributed by atoms with Crippen molar-refractivity contribution in [3.63, 3.8) is 0 Å². The van der Waals surface area contributed by atoms with Gasteiger partial charge in [0.25, 0.3) is 0 Å². The molecule has 0 saturated heterocycles. The first kappa shape index (κ1) is 28.6. The second-order valence-electron chi connectivity index (χ2n) is 10.4. The number of nitrogens with one attached hydrogen (secondary N) is 1. The molecule has 1 aliphatic carbocycles. The van der Waals surface area contributed by atoms with Gasteiger partial charge in [0.2, 0.25) is 5.91 Å². The van der Waals surface area contributed by atoms with E-state index in [9.17, 15) is 24.3 Å². The summed E-state index contributed by atoms with van der Waals surface area (Å²) in [5.74, 6) is -0.738. The number of benzene rings is 3. The molecular weight excluding hydrogens is 536 g/mol. The lowest BCUT2D eigenvalue weighted by Gasteiger charge is -2.35. The van der Waals surface area contributed by atoms with Crippen LogP contribution in [0, 0.1) is 0 Å². The minimum Gasteiger partial charge on any atom is -0.493 e. The molecule has 1 heterocycles. The molecule has 216 valence electrons. The molecule has 0 spiro atoms. The van der Waals surface area contributed by atoms with Gasteiger partial charge in [-0.25, -0.2) is 0 Å². The van der Waals surface area contributed by atoms with Crippen molar-refractivity contribution in [3.05, 3.63) is 94.7 Å². The molecule has 42 heavy (non-hydrogen) atoms. The van der Waals surface area contributed by atoms with Crippen molar-refractivity contribution in [2.24, 2.45) is 0 Å². The van der Waals surface area contributed by atoms with E-state index in [0.717, 1.165) is 5.56 Å². The van der Waals surface area contributed by atoms with Crippen LogP contribution in [-0.4, -0.2) is 42.8 Å². The van der Waals surface area contributed by atoms with Crippen LogP contribution in [-0.2, 0) is 14.4 Å². The number of aliphatic carboxylic acids is 1. The average molecular weight is 569 g/mol. The Morgan fingerprint density at radius 2 is 1.60 bits per heavy atom. The number of allylic oxidation sites excluding steroid dienone is 1. The molecular formula is C33H32N2O7. The van der Waals surface area contributed by atoms with E-state index in [-0.39, 0.29) is 36.7 Å². The molecule has 1 aliphatic heterocycles. The maximum Gasteiger partial charge on any atom is 0.303 e.